The van der Waals surface area contributed by atoms with Gasteiger partial charge in [-0.25, -0.2) is 4.98 Å². The number of carbonyl (C=O) groups excluding carboxylic acids is 1. The Morgan fingerprint density at radius 3 is 2.81 bits per heavy atom. The number of hydrogen-bond acceptors (Lipinski definition) is 4. The molecule has 1 saturated heterocycles. The highest BCUT2D eigenvalue weighted by molar-refractivity contribution is 5.76. The molecule has 116 valence electrons. The van der Waals surface area contributed by atoms with E-state index in [-0.39, 0.29) is 11.9 Å². The second-order valence-electron chi connectivity index (χ2n) is 5.73. The third-order valence-electron chi connectivity index (χ3n) is 4.22. The van der Waals surface area contributed by atoms with Gasteiger partial charge in [-0.3, -0.25) is 4.79 Å². The minimum absolute atomic E-state index is 0.142. The van der Waals surface area contributed by atoms with Crippen molar-refractivity contribution >= 4 is 11.7 Å². The minimum atomic E-state index is 0.142. The van der Waals surface area contributed by atoms with Crippen molar-refractivity contribution < 1.29 is 4.79 Å². The zero-order valence-electron chi connectivity index (χ0n) is 12.8. The third-order valence-corrected chi connectivity index (χ3v) is 4.22. The first kappa shape index (κ1) is 15.8. The van der Waals surface area contributed by atoms with Crippen LogP contribution in [-0.4, -0.2) is 36.6 Å². The van der Waals surface area contributed by atoms with Gasteiger partial charge in [0.25, 0.3) is 0 Å². The molecule has 0 aromatic carbocycles. The maximum absolute atomic E-state index is 12.0. The van der Waals surface area contributed by atoms with Gasteiger partial charge in [-0.05, 0) is 37.4 Å². The summed E-state index contributed by atoms with van der Waals surface area (Å²) in [6.45, 7) is 4.55. The topological polar surface area (TPSA) is 71.2 Å². The molecule has 5 nitrogen and oxygen atoms in total. The van der Waals surface area contributed by atoms with Gasteiger partial charge in [0.05, 0.1) is 0 Å². The molecule has 1 fully saturated rings. The fourth-order valence-electron chi connectivity index (χ4n) is 2.74. The number of amides is 1. The molecule has 1 aromatic heterocycles. The van der Waals surface area contributed by atoms with Gasteiger partial charge in [-0.15, -0.1) is 0 Å². The first-order chi connectivity index (χ1) is 10.2. The van der Waals surface area contributed by atoms with Crippen molar-refractivity contribution in [2.75, 3.05) is 24.5 Å². The summed E-state index contributed by atoms with van der Waals surface area (Å²) in [5.74, 6) is 1.47. The van der Waals surface area contributed by atoms with E-state index in [9.17, 15) is 4.79 Å². The number of carbonyl (C=O) groups is 1. The van der Waals surface area contributed by atoms with E-state index in [1.54, 1.807) is 0 Å². The van der Waals surface area contributed by atoms with Crippen LogP contribution in [0.1, 0.15) is 32.6 Å². The maximum Gasteiger partial charge on any atom is 0.220 e. The second-order valence-corrected chi connectivity index (χ2v) is 5.73. The van der Waals surface area contributed by atoms with Gasteiger partial charge in [0, 0.05) is 31.7 Å². The monoisotopic (exact) mass is 290 g/mol. The SMILES string of the molecule is CCC(CN)CC(=O)NC1CCN(c2ccccn2)CC1. The predicted octanol–water partition coefficient (Wildman–Crippen LogP) is 1.54. The molecule has 0 radical (unpaired) electrons. The maximum atomic E-state index is 12.0. The van der Waals surface area contributed by atoms with E-state index >= 15 is 0 Å². The van der Waals surface area contributed by atoms with Crippen LogP contribution >= 0.6 is 0 Å². The van der Waals surface area contributed by atoms with E-state index in [1.165, 1.54) is 0 Å². The molecule has 1 atom stereocenters. The van der Waals surface area contributed by atoms with E-state index in [0.29, 0.717) is 18.9 Å². The first-order valence-electron chi connectivity index (χ1n) is 7.88. The lowest BCUT2D eigenvalue weighted by atomic mass is 10.0. The van der Waals surface area contributed by atoms with Gasteiger partial charge in [0.15, 0.2) is 0 Å². The molecule has 2 rings (SSSR count). The minimum Gasteiger partial charge on any atom is -0.356 e. The van der Waals surface area contributed by atoms with Crippen molar-refractivity contribution in [3.8, 4) is 0 Å². The number of pyridine rings is 1. The standard InChI is InChI=1S/C16H26N4O/c1-2-13(12-17)11-16(21)19-14-6-9-20(10-7-14)15-5-3-4-8-18-15/h3-5,8,13-14H,2,6-7,9-12,17H2,1H3,(H,19,21). The third kappa shape index (κ3) is 4.70. The summed E-state index contributed by atoms with van der Waals surface area (Å²) in [5, 5.41) is 3.15. The normalized spacial score (nSPS) is 17.5. The van der Waals surface area contributed by atoms with Gasteiger partial charge < -0.3 is 16.0 Å². The number of nitrogens with one attached hydrogen (secondary N) is 1. The lowest BCUT2D eigenvalue weighted by molar-refractivity contribution is -0.122. The Morgan fingerprint density at radius 1 is 1.48 bits per heavy atom. The molecule has 0 bridgehead atoms. The zero-order valence-corrected chi connectivity index (χ0v) is 12.8. The number of rotatable bonds is 6. The van der Waals surface area contributed by atoms with Crippen molar-refractivity contribution in [2.24, 2.45) is 11.7 Å². The Labute approximate surface area is 126 Å². The Balaban J connectivity index is 1.75. The summed E-state index contributed by atoms with van der Waals surface area (Å²) >= 11 is 0. The fraction of sp³-hybridized carbons (Fsp3) is 0.625. The highest BCUT2D eigenvalue weighted by Crippen LogP contribution is 2.17. The number of aromatic nitrogens is 1. The summed E-state index contributed by atoms with van der Waals surface area (Å²) in [7, 11) is 0. The fourth-order valence-corrected chi connectivity index (χ4v) is 2.74. The Kier molecular flexibility index (Phi) is 5.99. The Hall–Kier alpha value is -1.62. The van der Waals surface area contributed by atoms with Crippen molar-refractivity contribution in [3.63, 3.8) is 0 Å². The molecular weight excluding hydrogens is 264 g/mol. The van der Waals surface area contributed by atoms with Crippen LogP contribution < -0.4 is 16.0 Å². The van der Waals surface area contributed by atoms with Crippen LogP contribution in [0, 0.1) is 5.92 Å². The van der Waals surface area contributed by atoms with Crippen LogP contribution in [0.3, 0.4) is 0 Å². The summed E-state index contributed by atoms with van der Waals surface area (Å²) in [6.07, 6.45) is 5.28. The smallest absolute Gasteiger partial charge is 0.220 e. The molecule has 1 aliphatic heterocycles. The van der Waals surface area contributed by atoms with E-state index in [0.717, 1.165) is 38.2 Å². The molecule has 2 heterocycles. The molecule has 3 N–H and O–H groups in total. The number of nitrogens with two attached hydrogens (primary N) is 1. The Morgan fingerprint density at radius 2 is 2.24 bits per heavy atom. The summed E-state index contributed by atoms with van der Waals surface area (Å²) in [4.78, 5) is 18.6. The summed E-state index contributed by atoms with van der Waals surface area (Å²) < 4.78 is 0. The molecule has 0 spiro atoms. The van der Waals surface area contributed by atoms with Gasteiger partial charge in [0.2, 0.25) is 5.91 Å². The highest BCUT2D eigenvalue weighted by Gasteiger charge is 2.22. The predicted molar refractivity (Wildman–Crippen MR) is 85.1 cm³/mol. The average molecular weight is 290 g/mol. The van der Waals surface area contributed by atoms with Crippen LogP contribution in [0.25, 0.3) is 0 Å². The molecule has 1 aromatic rings. The summed E-state index contributed by atoms with van der Waals surface area (Å²) in [5.41, 5.74) is 5.65. The molecule has 1 aliphatic rings. The molecule has 0 aliphatic carbocycles. The molecule has 1 amide bonds. The van der Waals surface area contributed by atoms with E-state index in [1.807, 2.05) is 24.4 Å². The molecule has 21 heavy (non-hydrogen) atoms. The van der Waals surface area contributed by atoms with Crippen molar-refractivity contribution in [3.05, 3.63) is 24.4 Å². The lowest BCUT2D eigenvalue weighted by Gasteiger charge is -2.33. The van der Waals surface area contributed by atoms with E-state index in [2.05, 4.69) is 22.1 Å². The van der Waals surface area contributed by atoms with Gasteiger partial charge in [0.1, 0.15) is 5.82 Å². The van der Waals surface area contributed by atoms with Crippen molar-refractivity contribution in [1.29, 1.82) is 0 Å². The van der Waals surface area contributed by atoms with Crippen LogP contribution in [0.5, 0.6) is 0 Å². The van der Waals surface area contributed by atoms with Gasteiger partial charge >= 0.3 is 0 Å². The molecule has 1 unspecified atom stereocenters. The first-order valence-corrected chi connectivity index (χ1v) is 7.88. The molecule has 0 saturated carbocycles. The van der Waals surface area contributed by atoms with Crippen LogP contribution in [0.15, 0.2) is 24.4 Å². The average Bonchev–Trinajstić information content (AvgIpc) is 2.54. The lowest BCUT2D eigenvalue weighted by Crippen LogP contribution is -2.45. The number of piperidine rings is 1. The molecule has 5 heteroatoms. The summed E-state index contributed by atoms with van der Waals surface area (Å²) in [6, 6.07) is 6.26. The van der Waals surface area contributed by atoms with Gasteiger partial charge in [-0.1, -0.05) is 19.4 Å². The van der Waals surface area contributed by atoms with Gasteiger partial charge in [-0.2, -0.15) is 0 Å². The van der Waals surface area contributed by atoms with E-state index in [4.69, 9.17) is 5.73 Å². The second kappa shape index (κ2) is 7.98. The number of nitrogens with zero attached hydrogens (tertiary/aromatic N) is 2. The van der Waals surface area contributed by atoms with E-state index < -0.39 is 0 Å². The quantitative estimate of drug-likeness (QED) is 0.833. The zero-order chi connectivity index (χ0) is 15.1. The van der Waals surface area contributed by atoms with Crippen LogP contribution in [-0.2, 0) is 4.79 Å². The molecular formula is C16H26N4O. The van der Waals surface area contributed by atoms with Crippen molar-refractivity contribution in [1.82, 2.24) is 10.3 Å². The highest BCUT2D eigenvalue weighted by atomic mass is 16.1. The van der Waals surface area contributed by atoms with Crippen molar-refractivity contribution in [2.45, 2.75) is 38.6 Å². The number of hydrogen-bond donors (Lipinski definition) is 2. The number of anilines is 1. The Bertz CT molecular complexity index is 425. The van der Waals surface area contributed by atoms with Crippen LogP contribution in [0.4, 0.5) is 5.82 Å². The largest absolute Gasteiger partial charge is 0.356 e. The van der Waals surface area contributed by atoms with Crippen LogP contribution in [0.2, 0.25) is 0 Å².